The summed E-state index contributed by atoms with van der Waals surface area (Å²) in [7, 11) is -0.855. The molecule has 3 N–H and O–H groups in total. The first-order valence-corrected chi connectivity index (χ1v) is 12.3. The smallest absolute Gasteiger partial charge is 0.365 e. The van der Waals surface area contributed by atoms with E-state index in [2.05, 4.69) is 30.9 Å². The first-order chi connectivity index (χ1) is 16.8. The number of nitrogens with one attached hydrogen (secondary N) is 3. The number of sulfonamides is 1. The highest BCUT2D eigenvalue weighted by Gasteiger charge is 2.35. The summed E-state index contributed by atoms with van der Waals surface area (Å²) in [4.78, 5) is 23.6. The molecule has 0 spiro atoms. The SMILES string of the molecule is CNC(=O)c1ccc(Nc2ncc(C(F)(F)F)c(NCc3ccc(C)nc3N(C)S(C)(=O)=O)n2)cc1. The van der Waals surface area contributed by atoms with E-state index in [1.807, 2.05) is 0 Å². The lowest BCUT2D eigenvalue weighted by Gasteiger charge is -2.20. The number of hydrogen-bond acceptors (Lipinski definition) is 8. The second-order valence-electron chi connectivity index (χ2n) is 7.75. The van der Waals surface area contributed by atoms with E-state index in [-0.39, 0.29) is 24.2 Å². The van der Waals surface area contributed by atoms with Crippen LogP contribution in [-0.4, -0.2) is 49.6 Å². The highest BCUT2D eigenvalue weighted by molar-refractivity contribution is 7.92. The van der Waals surface area contributed by atoms with Gasteiger partial charge in [-0.3, -0.25) is 9.10 Å². The molecule has 3 rings (SSSR count). The molecule has 36 heavy (non-hydrogen) atoms. The van der Waals surface area contributed by atoms with Crippen LogP contribution in [0.25, 0.3) is 0 Å². The van der Waals surface area contributed by atoms with Crippen molar-refractivity contribution in [2.75, 3.05) is 35.3 Å². The van der Waals surface area contributed by atoms with Crippen molar-refractivity contribution in [2.45, 2.75) is 19.6 Å². The molecule has 3 aromatic rings. The molecular formula is C22H24F3N7O3S. The molecule has 14 heteroatoms. The second kappa shape index (κ2) is 10.4. The van der Waals surface area contributed by atoms with Gasteiger partial charge in [-0.1, -0.05) is 6.07 Å². The number of alkyl halides is 3. The van der Waals surface area contributed by atoms with Gasteiger partial charge in [0.2, 0.25) is 16.0 Å². The largest absolute Gasteiger partial charge is 0.421 e. The molecule has 0 saturated heterocycles. The first kappa shape index (κ1) is 26.7. The summed E-state index contributed by atoms with van der Waals surface area (Å²) in [6.45, 7) is 1.48. The van der Waals surface area contributed by atoms with E-state index in [1.54, 1.807) is 31.2 Å². The molecule has 0 aliphatic heterocycles. The lowest BCUT2D eigenvalue weighted by Crippen LogP contribution is -2.27. The molecule has 1 amide bonds. The average molecular weight is 524 g/mol. The number of carbonyl (C=O) groups excluding carboxylic acids is 1. The Kier molecular flexibility index (Phi) is 7.67. The summed E-state index contributed by atoms with van der Waals surface area (Å²) in [5.74, 6) is -0.823. The van der Waals surface area contributed by atoms with Crippen molar-refractivity contribution in [3.63, 3.8) is 0 Å². The molecule has 0 unspecified atom stereocenters. The highest BCUT2D eigenvalue weighted by atomic mass is 32.2. The van der Waals surface area contributed by atoms with Crippen LogP contribution in [0, 0.1) is 6.92 Å². The lowest BCUT2D eigenvalue weighted by molar-refractivity contribution is -0.137. The number of anilines is 4. The minimum atomic E-state index is -4.74. The number of pyridine rings is 1. The van der Waals surface area contributed by atoms with Crippen molar-refractivity contribution >= 4 is 39.2 Å². The third kappa shape index (κ3) is 6.38. The van der Waals surface area contributed by atoms with Crippen LogP contribution in [0.4, 0.5) is 36.4 Å². The van der Waals surface area contributed by atoms with Crippen molar-refractivity contribution in [2.24, 2.45) is 0 Å². The number of rotatable bonds is 8. The van der Waals surface area contributed by atoms with Crippen LogP contribution in [-0.2, 0) is 22.7 Å². The third-order valence-electron chi connectivity index (χ3n) is 5.06. The van der Waals surface area contributed by atoms with Crippen LogP contribution in [0.1, 0.15) is 27.2 Å². The van der Waals surface area contributed by atoms with Crippen LogP contribution in [0.5, 0.6) is 0 Å². The highest BCUT2D eigenvalue weighted by Crippen LogP contribution is 2.34. The Morgan fingerprint density at radius 3 is 2.33 bits per heavy atom. The Morgan fingerprint density at radius 2 is 1.75 bits per heavy atom. The summed E-state index contributed by atoms with van der Waals surface area (Å²) in [6, 6.07) is 9.39. The minimum absolute atomic E-state index is 0.0853. The molecule has 0 fully saturated rings. The fourth-order valence-corrected chi connectivity index (χ4v) is 3.55. The monoisotopic (exact) mass is 523 g/mol. The van der Waals surface area contributed by atoms with Crippen molar-refractivity contribution in [3.05, 3.63) is 65.0 Å². The third-order valence-corrected chi connectivity index (χ3v) is 6.23. The van der Waals surface area contributed by atoms with Crippen LogP contribution >= 0.6 is 0 Å². The van der Waals surface area contributed by atoms with Gasteiger partial charge in [0.1, 0.15) is 17.2 Å². The number of nitrogens with zero attached hydrogens (tertiary/aromatic N) is 4. The molecule has 0 atom stereocenters. The van der Waals surface area contributed by atoms with E-state index >= 15 is 0 Å². The predicted octanol–water partition coefficient (Wildman–Crippen LogP) is 3.31. The van der Waals surface area contributed by atoms with Gasteiger partial charge in [-0.15, -0.1) is 0 Å². The van der Waals surface area contributed by atoms with E-state index in [0.717, 1.165) is 10.6 Å². The number of amides is 1. The molecule has 2 heterocycles. The molecule has 2 aromatic heterocycles. The number of aromatic nitrogens is 3. The second-order valence-corrected chi connectivity index (χ2v) is 9.77. The zero-order chi connectivity index (χ0) is 26.7. The molecule has 0 bridgehead atoms. The van der Waals surface area contributed by atoms with Crippen molar-refractivity contribution in [1.29, 1.82) is 0 Å². The molecule has 0 aliphatic rings. The van der Waals surface area contributed by atoms with Crippen LogP contribution < -0.4 is 20.3 Å². The molecule has 0 radical (unpaired) electrons. The van der Waals surface area contributed by atoms with Gasteiger partial charge < -0.3 is 16.0 Å². The Balaban J connectivity index is 1.90. The Hall–Kier alpha value is -3.94. The number of benzene rings is 1. The molecule has 192 valence electrons. The quantitative estimate of drug-likeness (QED) is 0.410. The van der Waals surface area contributed by atoms with E-state index in [0.29, 0.717) is 28.7 Å². The van der Waals surface area contributed by atoms with E-state index in [4.69, 9.17) is 0 Å². The van der Waals surface area contributed by atoms with Crippen molar-refractivity contribution in [1.82, 2.24) is 20.3 Å². The molecule has 0 saturated carbocycles. The fourth-order valence-electron chi connectivity index (χ4n) is 3.08. The Bertz CT molecular complexity index is 1360. The normalized spacial score (nSPS) is 11.6. The number of aryl methyl sites for hydroxylation is 1. The summed E-state index contributed by atoms with van der Waals surface area (Å²) in [5.41, 5.74) is 0.644. The topological polar surface area (TPSA) is 129 Å². The van der Waals surface area contributed by atoms with E-state index in [1.165, 1.54) is 26.2 Å². The van der Waals surface area contributed by atoms with Crippen LogP contribution in [0.2, 0.25) is 0 Å². The van der Waals surface area contributed by atoms with E-state index < -0.39 is 27.6 Å². The maximum absolute atomic E-state index is 13.6. The summed E-state index contributed by atoms with van der Waals surface area (Å²) >= 11 is 0. The summed E-state index contributed by atoms with van der Waals surface area (Å²) < 4.78 is 65.9. The minimum Gasteiger partial charge on any atom is -0.365 e. The van der Waals surface area contributed by atoms with Gasteiger partial charge in [-0.25, -0.2) is 18.4 Å². The van der Waals surface area contributed by atoms with Gasteiger partial charge in [0.05, 0.1) is 6.26 Å². The summed E-state index contributed by atoms with van der Waals surface area (Å²) in [5, 5.41) is 7.92. The van der Waals surface area contributed by atoms with Crippen LogP contribution in [0.15, 0.2) is 42.6 Å². The van der Waals surface area contributed by atoms with Gasteiger partial charge in [0, 0.05) is 49.3 Å². The standard InChI is InChI=1S/C22H24F3N7O3S/c1-13-5-6-15(19(29-13)32(3)36(4,34)35)11-27-18-17(22(23,24)25)12-28-21(31-18)30-16-9-7-14(8-10-16)20(33)26-2/h5-10,12H,11H2,1-4H3,(H,26,33)(H2,27,28,30,31). The zero-order valence-electron chi connectivity index (χ0n) is 19.8. The Labute approximate surface area is 206 Å². The van der Waals surface area contributed by atoms with Gasteiger partial charge in [-0.2, -0.15) is 18.2 Å². The van der Waals surface area contributed by atoms with Crippen molar-refractivity contribution < 1.29 is 26.4 Å². The number of halogens is 3. The lowest BCUT2D eigenvalue weighted by atomic mass is 10.2. The zero-order valence-corrected chi connectivity index (χ0v) is 20.6. The van der Waals surface area contributed by atoms with Gasteiger partial charge in [0.15, 0.2) is 0 Å². The molecule has 1 aromatic carbocycles. The van der Waals surface area contributed by atoms with Crippen LogP contribution in [0.3, 0.4) is 0 Å². The maximum atomic E-state index is 13.6. The molecular weight excluding hydrogens is 499 g/mol. The molecule has 10 nitrogen and oxygen atoms in total. The maximum Gasteiger partial charge on any atom is 0.421 e. The molecule has 0 aliphatic carbocycles. The van der Waals surface area contributed by atoms with Gasteiger partial charge >= 0.3 is 6.18 Å². The fraction of sp³-hybridized carbons (Fsp3) is 0.273. The first-order valence-electron chi connectivity index (χ1n) is 10.5. The number of hydrogen-bond donors (Lipinski definition) is 3. The van der Waals surface area contributed by atoms with Gasteiger partial charge in [0.25, 0.3) is 5.91 Å². The predicted molar refractivity (Wildman–Crippen MR) is 130 cm³/mol. The Morgan fingerprint density at radius 1 is 1.08 bits per heavy atom. The van der Waals surface area contributed by atoms with Gasteiger partial charge in [-0.05, 0) is 37.3 Å². The van der Waals surface area contributed by atoms with Crippen molar-refractivity contribution in [3.8, 4) is 0 Å². The summed E-state index contributed by atoms with van der Waals surface area (Å²) in [6.07, 6.45) is -3.10. The average Bonchev–Trinajstić information content (AvgIpc) is 2.81. The number of carbonyl (C=O) groups is 1. The van der Waals surface area contributed by atoms with E-state index in [9.17, 15) is 26.4 Å².